The van der Waals surface area contributed by atoms with Gasteiger partial charge in [-0.2, -0.15) is 8.42 Å². The summed E-state index contributed by atoms with van der Waals surface area (Å²) in [7, 11) is -5.33. The zero-order chi connectivity index (χ0) is 71.4. The maximum atomic E-state index is 14.2. The molecule has 7 N–H and O–H groups in total. The van der Waals surface area contributed by atoms with Crippen molar-refractivity contribution in [1.29, 1.82) is 0 Å². The molecule has 0 aromatic heterocycles. The van der Waals surface area contributed by atoms with Crippen molar-refractivity contribution >= 4 is 22.3 Å². The molecule has 2 saturated heterocycles. The Morgan fingerprint density at radius 3 is 1.09 bits per heavy atom. The van der Waals surface area contributed by atoms with Gasteiger partial charge < -0.3 is 54.3 Å². The van der Waals surface area contributed by atoms with Crippen molar-refractivity contribution in [2.45, 2.75) is 414 Å². The number of aliphatic hydroxyl groups is 6. The molecule has 0 radical (unpaired) electrons. The van der Waals surface area contributed by atoms with Crippen molar-refractivity contribution in [2.75, 3.05) is 13.2 Å². The molecule has 2 fully saturated rings. The minimum Gasteiger partial charge on any atom is -0.455 e. The number of hydrogen-bond donors (Lipinski definition) is 7. The SMILES string of the molecule is CCCCCCCCCCCCCCCCCC(=O)OC1C(O)C(CO)OC(OC2OC(CO)C(O)C(O)C2OS(=O)(=O)O)C1OC(=O)C(C)CC(C)CC(C)CC(C)CC(C)CC(C)CC(C)CC(C)CC(C)CC(C)C(O)CCCCCCCCCCCCCCCCC. The third-order valence-electron chi connectivity index (χ3n) is 21.0. The minimum absolute atomic E-state index is 0.0226. The highest BCUT2D eigenvalue weighted by atomic mass is 32.3. The summed E-state index contributed by atoms with van der Waals surface area (Å²) >= 11 is 0. The molecule has 18 heteroatoms. The maximum Gasteiger partial charge on any atom is 0.397 e. The van der Waals surface area contributed by atoms with Crippen LogP contribution in [0.5, 0.6) is 0 Å². The van der Waals surface area contributed by atoms with E-state index in [0.29, 0.717) is 60.2 Å². The van der Waals surface area contributed by atoms with E-state index in [0.717, 1.165) is 64.2 Å². The first-order valence-electron chi connectivity index (χ1n) is 39.7. The monoisotopic (exact) mass is 1390 g/mol. The predicted molar refractivity (Wildman–Crippen MR) is 385 cm³/mol. The number of esters is 2. The van der Waals surface area contributed by atoms with Gasteiger partial charge in [-0.15, -0.1) is 0 Å². The first-order valence-corrected chi connectivity index (χ1v) is 41.1. The Bertz CT molecular complexity index is 2020. The Morgan fingerprint density at radius 2 is 0.729 bits per heavy atom. The standard InChI is InChI=1S/C78H150O17S/c1-13-15-17-19-21-23-25-27-29-31-33-35-37-39-41-43-66(81)64(11)52-62(9)50-60(7)48-58(5)46-56(3)45-57(4)47-59(6)49-61(8)51-63(10)53-65(12)76(86)93-75-73(92-69(82)44-42-40-38-36-34-32-30-28-26-24-22-20-18-16-14-2)71(84)68(55-80)91-78(75)94-77-74(95-96(87,88)89)72(85)70(83)67(54-79)90-77/h56-68,70-75,77-81,83-85H,13-55H2,1-12H3,(H,87,88,89). The van der Waals surface area contributed by atoms with Gasteiger partial charge in [0.15, 0.2) is 24.6 Å². The average Bonchev–Trinajstić information content (AvgIpc) is 0.780. The highest BCUT2D eigenvalue weighted by Gasteiger charge is 2.55. The maximum absolute atomic E-state index is 14.2. The Labute approximate surface area is 586 Å². The summed E-state index contributed by atoms with van der Waals surface area (Å²) in [6.07, 6.45) is 29.2. The minimum atomic E-state index is -5.33. The average molecular weight is 1390 g/mol. The Morgan fingerprint density at radius 1 is 0.406 bits per heavy atom. The van der Waals surface area contributed by atoms with Gasteiger partial charge in [0.2, 0.25) is 6.29 Å². The fourth-order valence-electron chi connectivity index (χ4n) is 16.1. The Kier molecular flexibility index (Phi) is 50.2. The normalized spacial score (nSPS) is 25.3. The van der Waals surface area contributed by atoms with Crippen molar-refractivity contribution in [3.63, 3.8) is 0 Å². The molecule has 2 rings (SSSR count). The fourth-order valence-corrected chi connectivity index (χ4v) is 16.6. The van der Waals surface area contributed by atoms with Gasteiger partial charge >= 0.3 is 22.3 Å². The smallest absolute Gasteiger partial charge is 0.397 e. The molecular formula is C78H150O17S. The molecule has 0 spiro atoms. The molecule has 0 aromatic rings. The van der Waals surface area contributed by atoms with Crippen LogP contribution in [0.1, 0.15) is 346 Å². The lowest BCUT2D eigenvalue weighted by atomic mass is 9.79. The second-order valence-corrected chi connectivity index (χ2v) is 32.8. The summed E-state index contributed by atoms with van der Waals surface area (Å²) in [6.45, 7) is 25.5. The number of rotatable bonds is 60. The molecule has 0 amide bonds. The largest absolute Gasteiger partial charge is 0.455 e. The summed E-state index contributed by atoms with van der Waals surface area (Å²) in [6, 6.07) is 0. The van der Waals surface area contributed by atoms with Crippen molar-refractivity contribution in [3.05, 3.63) is 0 Å². The molecule has 2 aliphatic heterocycles. The van der Waals surface area contributed by atoms with Crippen molar-refractivity contribution in [1.82, 2.24) is 0 Å². The summed E-state index contributed by atoms with van der Waals surface area (Å²) in [5, 5.41) is 64.6. The molecule has 570 valence electrons. The molecule has 0 saturated carbocycles. The molecular weight excluding hydrogens is 1240 g/mol. The van der Waals surface area contributed by atoms with E-state index in [1.54, 1.807) is 6.92 Å². The van der Waals surface area contributed by atoms with Crippen LogP contribution >= 0.6 is 0 Å². The van der Waals surface area contributed by atoms with Crippen molar-refractivity contribution < 1.29 is 81.1 Å². The first kappa shape index (κ1) is 90.5. The van der Waals surface area contributed by atoms with Gasteiger partial charge in [-0.3, -0.25) is 14.1 Å². The molecule has 96 heavy (non-hydrogen) atoms. The number of ether oxygens (including phenoxy) is 5. The highest BCUT2D eigenvalue weighted by Crippen LogP contribution is 2.36. The van der Waals surface area contributed by atoms with E-state index < -0.39 is 103 Å². The summed E-state index contributed by atoms with van der Waals surface area (Å²) in [5.74, 6) is 2.23. The summed E-state index contributed by atoms with van der Waals surface area (Å²) < 4.78 is 67.8. The number of hydrogen-bond acceptors (Lipinski definition) is 16. The van der Waals surface area contributed by atoms with Crippen LogP contribution in [0.4, 0.5) is 0 Å². The molecule has 0 bridgehead atoms. The van der Waals surface area contributed by atoms with Gasteiger partial charge in [0, 0.05) is 6.42 Å². The van der Waals surface area contributed by atoms with E-state index in [1.807, 2.05) is 0 Å². The van der Waals surface area contributed by atoms with E-state index >= 15 is 0 Å². The van der Waals surface area contributed by atoms with Gasteiger partial charge in [-0.1, -0.05) is 269 Å². The van der Waals surface area contributed by atoms with E-state index in [9.17, 15) is 53.2 Å². The number of aliphatic hydroxyl groups excluding tert-OH is 6. The number of unbranched alkanes of at least 4 members (excludes halogenated alkanes) is 28. The number of carbonyl (C=O) groups excluding carboxylic acids is 2. The third-order valence-corrected chi connectivity index (χ3v) is 21.4. The summed E-state index contributed by atoms with van der Waals surface area (Å²) in [4.78, 5) is 27.8. The van der Waals surface area contributed by atoms with Crippen LogP contribution in [0.15, 0.2) is 0 Å². The Balaban J connectivity index is 1.91. The van der Waals surface area contributed by atoms with Gasteiger partial charge in [-0.05, 0) is 124 Å². The molecule has 0 aliphatic carbocycles. The van der Waals surface area contributed by atoms with Gasteiger partial charge in [0.05, 0.1) is 25.2 Å². The molecule has 0 aromatic carbocycles. The fraction of sp³-hybridized carbons (Fsp3) is 0.974. The van der Waals surface area contributed by atoms with Crippen molar-refractivity contribution in [2.24, 2.45) is 59.2 Å². The third kappa shape index (κ3) is 40.9. The predicted octanol–water partition coefficient (Wildman–Crippen LogP) is 17.3. The lowest BCUT2D eigenvalue weighted by molar-refractivity contribution is -0.374. The van der Waals surface area contributed by atoms with Crippen molar-refractivity contribution in [3.8, 4) is 0 Å². The van der Waals surface area contributed by atoms with Crippen LogP contribution in [-0.4, -0.2) is 136 Å². The Hall–Kier alpha value is -1.55. The molecule has 2 aliphatic rings. The molecule has 17 nitrogen and oxygen atoms in total. The second-order valence-electron chi connectivity index (χ2n) is 31.7. The second kappa shape index (κ2) is 53.3. The number of carbonyl (C=O) groups is 2. The lowest BCUT2D eigenvalue weighted by Gasteiger charge is -2.46. The first-order chi connectivity index (χ1) is 45.7. The molecule has 2 heterocycles. The van der Waals surface area contributed by atoms with Crippen LogP contribution in [-0.2, 0) is 47.9 Å². The zero-order valence-electron chi connectivity index (χ0n) is 63.2. The lowest BCUT2D eigenvalue weighted by Crippen LogP contribution is -2.65. The van der Waals surface area contributed by atoms with Crippen LogP contribution in [0, 0.1) is 59.2 Å². The van der Waals surface area contributed by atoms with Gasteiger partial charge in [0.25, 0.3) is 0 Å². The van der Waals surface area contributed by atoms with Gasteiger partial charge in [-0.25, -0.2) is 4.18 Å². The summed E-state index contributed by atoms with van der Waals surface area (Å²) in [5.41, 5.74) is 0. The molecule has 21 atom stereocenters. The van der Waals surface area contributed by atoms with Crippen LogP contribution in [0.3, 0.4) is 0 Å². The van der Waals surface area contributed by atoms with Crippen LogP contribution < -0.4 is 0 Å². The van der Waals surface area contributed by atoms with Crippen LogP contribution in [0.25, 0.3) is 0 Å². The highest BCUT2D eigenvalue weighted by molar-refractivity contribution is 7.80. The van der Waals surface area contributed by atoms with E-state index in [2.05, 4.69) is 80.3 Å². The van der Waals surface area contributed by atoms with Crippen LogP contribution in [0.2, 0.25) is 0 Å². The molecule has 21 unspecified atom stereocenters. The quantitative estimate of drug-likeness (QED) is 0.0169. The topological polar surface area (TPSA) is 265 Å². The van der Waals surface area contributed by atoms with E-state index in [1.165, 1.54) is 180 Å². The van der Waals surface area contributed by atoms with E-state index in [-0.39, 0.29) is 18.4 Å². The van der Waals surface area contributed by atoms with E-state index in [4.69, 9.17) is 23.7 Å². The zero-order valence-corrected chi connectivity index (χ0v) is 64.0. The van der Waals surface area contributed by atoms with Gasteiger partial charge in [0.1, 0.15) is 30.5 Å².